The molecule has 1 aromatic heterocycles. The molecule has 0 saturated carbocycles. The summed E-state index contributed by atoms with van der Waals surface area (Å²) in [4.78, 5) is 0. The summed E-state index contributed by atoms with van der Waals surface area (Å²) in [5, 5.41) is 8.45. The van der Waals surface area contributed by atoms with Gasteiger partial charge in [0.1, 0.15) is 0 Å². The Balaban J connectivity index is 2.20. The average molecular weight is 264 g/mol. The molecule has 2 rings (SSSR count). The average Bonchev–Trinajstić information content (AvgIpc) is 2.64. The maximum Gasteiger partial charge on any atom is 0.0674 e. The second-order valence-corrected chi connectivity index (χ2v) is 4.97. The van der Waals surface area contributed by atoms with Gasteiger partial charge in [-0.15, -0.1) is 0 Å². The van der Waals surface area contributed by atoms with Crippen molar-refractivity contribution in [2.75, 3.05) is 7.05 Å². The van der Waals surface area contributed by atoms with Gasteiger partial charge in [0.25, 0.3) is 0 Å². The van der Waals surface area contributed by atoms with E-state index in [1.807, 2.05) is 31.6 Å². The molecular formula is C14H18ClN3. The standard InChI is InChI=1S/C14H18ClN3/c1-10-4-5-12(14(15)6-10)8-18-9-13(7-16-3)11(2)17-18/h4-6,9,16H,7-8H2,1-3H3. The topological polar surface area (TPSA) is 29.9 Å². The lowest BCUT2D eigenvalue weighted by molar-refractivity contribution is 0.679. The largest absolute Gasteiger partial charge is 0.316 e. The first-order chi connectivity index (χ1) is 8.60. The van der Waals surface area contributed by atoms with Crippen LogP contribution in [0.1, 0.15) is 22.4 Å². The van der Waals surface area contributed by atoms with Crippen molar-refractivity contribution in [1.29, 1.82) is 0 Å². The molecule has 0 atom stereocenters. The molecule has 1 heterocycles. The van der Waals surface area contributed by atoms with Crippen LogP contribution in [0, 0.1) is 13.8 Å². The molecular weight excluding hydrogens is 246 g/mol. The number of hydrogen-bond acceptors (Lipinski definition) is 2. The highest BCUT2D eigenvalue weighted by Crippen LogP contribution is 2.19. The van der Waals surface area contributed by atoms with Crippen LogP contribution < -0.4 is 5.32 Å². The van der Waals surface area contributed by atoms with Crippen LogP contribution in [0.15, 0.2) is 24.4 Å². The minimum Gasteiger partial charge on any atom is -0.316 e. The van der Waals surface area contributed by atoms with Crippen LogP contribution in [0.3, 0.4) is 0 Å². The minimum atomic E-state index is 0.712. The van der Waals surface area contributed by atoms with Gasteiger partial charge in [0, 0.05) is 23.3 Å². The summed E-state index contributed by atoms with van der Waals surface area (Å²) in [6.07, 6.45) is 2.07. The molecule has 0 bridgehead atoms. The lowest BCUT2D eigenvalue weighted by atomic mass is 10.1. The first-order valence-corrected chi connectivity index (χ1v) is 6.40. The molecule has 0 aliphatic rings. The second-order valence-electron chi connectivity index (χ2n) is 4.56. The molecule has 1 aromatic carbocycles. The Hall–Kier alpha value is -1.32. The first kappa shape index (κ1) is 13.1. The third-order valence-electron chi connectivity index (χ3n) is 2.96. The van der Waals surface area contributed by atoms with E-state index in [1.165, 1.54) is 11.1 Å². The van der Waals surface area contributed by atoms with E-state index in [0.29, 0.717) is 6.54 Å². The van der Waals surface area contributed by atoms with Crippen LogP contribution in [0.5, 0.6) is 0 Å². The van der Waals surface area contributed by atoms with E-state index < -0.39 is 0 Å². The zero-order chi connectivity index (χ0) is 13.1. The number of nitrogens with one attached hydrogen (secondary N) is 1. The molecule has 0 spiro atoms. The van der Waals surface area contributed by atoms with Crippen LogP contribution in [0.25, 0.3) is 0 Å². The maximum absolute atomic E-state index is 6.23. The maximum atomic E-state index is 6.23. The molecule has 4 heteroatoms. The summed E-state index contributed by atoms with van der Waals surface area (Å²) in [5.74, 6) is 0. The van der Waals surface area contributed by atoms with Crippen molar-refractivity contribution < 1.29 is 0 Å². The van der Waals surface area contributed by atoms with Gasteiger partial charge in [-0.2, -0.15) is 5.10 Å². The van der Waals surface area contributed by atoms with Gasteiger partial charge in [0.05, 0.1) is 12.2 Å². The molecule has 0 unspecified atom stereocenters. The third kappa shape index (κ3) is 2.92. The van der Waals surface area contributed by atoms with E-state index in [-0.39, 0.29) is 0 Å². The molecule has 0 aliphatic carbocycles. The third-order valence-corrected chi connectivity index (χ3v) is 3.31. The molecule has 0 amide bonds. The van der Waals surface area contributed by atoms with E-state index in [1.54, 1.807) is 0 Å². The van der Waals surface area contributed by atoms with Crippen molar-refractivity contribution in [3.05, 3.63) is 51.8 Å². The van der Waals surface area contributed by atoms with Gasteiger partial charge in [0.15, 0.2) is 0 Å². The van der Waals surface area contributed by atoms with Gasteiger partial charge in [-0.05, 0) is 38.1 Å². The van der Waals surface area contributed by atoms with Crippen LogP contribution in [-0.4, -0.2) is 16.8 Å². The van der Waals surface area contributed by atoms with Crippen molar-refractivity contribution in [3.8, 4) is 0 Å². The molecule has 2 aromatic rings. The van der Waals surface area contributed by atoms with Crippen molar-refractivity contribution in [3.63, 3.8) is 0 Å². The molecule has 0 fully saturated rings. The van der Waals surface area contributed by atoms with Crippen molar-refractivity contribution in [2.24, 2.45) is 0 Å². The number of benzene rings is 1. The highest BCUT2D eigenvalue weighted by atomic mass is 35.5. The number of rotatable bonds is 4. The lowest BCUT2D eigenvalue weighted by Crippen LogP contribution is -2.05. The van der Waals surface area contributed by atoms with Gasteiger partial charge in [-0.1, -0.05) is 23.7 Å². The minimum absolute atomic E-state index is 0.712. The van der Waals surface area contributed by atoms with Gasteiger partial charge >= 0.3 is 0 Å². The van der Waals surface area contributed by atoms with Gasteiger partial charge < -0.3 is 5.32 Å². The summed E-state index contributed by atoms with van der Waals surface area (Å²) in [6.45, 7) is 5.62. The van der Waals surface area contributed by atoms with Gasteiger partial charge in [-0.3, -0.25) is 4.68 Å². The number of halogens is 1. The molecule has 18 heavy (non-hydrogen) atoms. The van der Waals surface area contributed by atoms with E-state index in [9.17, 15) is 0 Å². The van der Waals surface area contributed by atoms with E-state index >= 15 is 0 Å². The summed E-state index contributed by atoms with van der Waals surface area (Å²) >= 11 is 6.23. The molecule has 96 valence electrons. The number of nitrogens with zero attached hydrogens (tertiary/aromatic N) is 2. The summed E-state index contributed by atoms with van der Waals surface area (Å²) < 4.78 is 1.94. The zero-order valence-corrected chi connectivity index (χ0v) is 11.8. The predicted molar refractivity (Wildman–Crippen MR) is 75.0 cm³/mol. The lowest BCUT2D eigenvalue weighted by Gasteiger charge is -2.05. The van der Waals surface area contributed by atoms with Gasteiger partial charge in [0.2, 0.25) is 0 Å². The quantitative estimate of drug-likeness (QED) is 0.919. The Morgan fingerprint density at radius 3 is 2.72 bits per heavy atom. The Morgan fingerprint density at radius 2 is 2.06 bits per heavy atom. The second kappa shape index (κ2) is 5.55. The van der Waals surface area contributed by atoms with E-state index in [0.717, 1.165) is 22.8 Å². The fourth-order valence-electron chi connectivity index (χ4n) is 1.96. The van der Waals surface area contributed by atoms with Crippen LogP contribution >= 0.6 is 11.6 Å². The van der Waals surface area contributed by atoms with Crippen molar-refractivity contribution in [2.45, 2.75) is 26.9 Å². The van der Waals surface area contributed by atoms with Crippen LogP contribution in [0.2, 0.25) is 5.02 Å². The predicted octanol–water partition coefficient (Wildman–Crippen LogP) is 2.92. The highest BCUT2D eigenvalue weighted by Gasteiger charge is 2.06. The van der Waals surface area contributed by atoms with Crippen LogP contribution in [0.4, 0.5) is 0 Å². The van der Waals surface area contributed by atoms with Crippen molar-refractivity contribution in [1.82, 2.24) is 15.1 Å². The summed E-state index contributed by atoms with van der Waals surface area (Å²) in [6, 6.07) is 6.13. The summed E-state index contributed by atoms with van der Waals surface area (Å²) in [5.41, 5.74) is 4.56. The molecule has 0 aliphatic heterocycles. The zero-order valence-electron chi connectivity index (χ0n) is 11.0. The van der Waals surface area contributed by atoms with Gasteiger partial charge in [-0.25, -0.2) is 0 Å². The van der Waals surface area contributed by atoms with E-state index in [4.69, 9.17) is 11.6 Å². The van der Waals surface area contributed by atoms with Crippen molar-refractivity contribution >= 4 is 11.6 Å². The highest BCUT2D eigenvalue weighted by molar-refractivity contribution is 6.31. The molecule has 1 N–H and O–H groups in total. The summed E-state index contributed by atoms with van der Waals surface area (Å²) in [7, 11) is 1.94. The monoisotopic (exact) mass is 263 g/mol. The molecule has 3 nitrogen and oxygen atoms in total. The smallest absolute Gasteiger partial charge is 0.0674 e. The fraction of sp³-hybridized carbons (Fsp3) is 0.357. The first-order valence-electron chi connectivity index (χ1n) is 6.02. The SMILES string of the molecule is CNCc1cn(Cc2ccc(C)cc2Cl)nc1C. The Morgan fingerprint density at radius 1 is 1.28 bits per heavy atom. The Kier molecular flexibility index (Phi) is 4.04. The normalized spacial score (nSPS) is 10.9. The fourth-order valence-corrected chi connectivity index (χ4v) is 2.25. The Bertz CT molecular complexity index is 546. The molecule has 0 radical (unpaired) electrons. The molecule has 0 saturated heterocycles. The number of hydrogen-bond donors (Lipinski definition) is 1. The number of aryl methyl sites for hydroxylation is 2. The van der Waals surface area contributed by atoms with E-state index in [2.05, 4.69) is 28.7 Å². The van der Waals surface area contributed by atoms with Crippen LogP contribution in [-0.2, 0) is 13.1 Å². The Labute approximate surface area is 113 Å². The number of aromatic nitrogens is 2.